The lowest BCUT2D eigenvalue weighted by Gasteiger charge is -2.31. The van der Waals surface area contributed by atoms with Gasteiger partial charge in [-0.1, -0.05) is 12.1 Å². The van der Waals surface area contributed by atoms with E-state index in [2.05, 4.69) is 16.4 Å². The summed E-state index contributed by atoms with van der Waals surface area (Å²) in [6, 6.07) is 10.00. The standard InChI is InChI=1S/C24H30N4O3/c1-4-30-23(29)19-15-27-17-28(22(19)18-9-12-26-13-10-18)20-7-5-6-8-21(20)31-14-11-24(2,3)16-25/h5-8,15,17,26H,4,9-14H2,1-3H3. The molecule has 2 heterocycles. The average molecular weight is 423 g/mol. The molecule has 2 aliphatic heterocycles. The molecule has 1 N–H and O–H groups in total. The van der Waals surface area contributed by atoms with Gasteiger partial charge in [0.05, 0.1) is 42.4 Å². The quantitative estimate of drug-likeness (QED) is 0.670. The molecule has 1 saturated heterocycles. The van der Waals surface area contributed by atoms with E-state index in [4.69, 9.17) is 9.47 Å². The number of esters is 1. The first-order chi connectivity index (χ1) is 15.0. The maximum Gasteiger partial charge on any atom is 0.341 e. The van der Waals surface area contributed by atoms with Crippen molar-refractivity contribution in [2.24, 2.45) is 10.4 Å². The second-order valence-electron chi connectivity index (χ2n) is 8.16. The molecule has 1 fully saturated rings. The lowest BCUT2D eigenvalue weighted by Crippen LogP contribution is -2.32. The first-order valence-electron chi connectivity index (χ1n) is 10.7. The Balaban J connectivity index is 1.95. The minimum Gasteiger partial charge on any atom is -0.491 e. The van der Waals surface area contributed by atoms with Crippen molar-refractivity contribution in [2.45, 2.75) is 40.0 Å². The fraction of sp³-hybridized carbons (Fsp3) is 0.458. The molecule has 0 bridgehead atoms. The Morgan fingerprint density at radius 2 is 2.03 bits per heavy atom. The van der Waals surface area contributed by atoms with E-state index in [-0.39, 0.29) is 5.97 Å². The van der Waals surface area contributed by atoms with Crippen LogP contribution < -0.4 is 15.0 Å². The molecule has 164 valence electrons. The molecular weight excluding hydrogens is 392 g/mol. The van der Waals surface area contributed by atoms with Crippen molar-refractivity contribution < 1.29 is 14.3 Å². The molecule has 0 radical (unpaired) electrons. The van der Waals surface area contributed by atoms with Crippen LogP contribution in [-0.2, 0) is 9.53 Å². The van der Waals surface area contributed by atoms with Crippen molar-refractivity contribution in [3.05, 3.63) is 47.3 Å². The monoisotopic (exact) mass is 422 g/mol. The third kappa shape index (κ3) is 5.53. The molecule has 7 nitrogen and oxygen atoms in total. The van der Waals surface area contributed by atoms with E-state index in [0.29, 0.717) is 31.0 Å². The summed E-state index contributed by atoms with van der Waals surface area (Å²) >= 11 is 0. The highest BCUT2D eigenvalue weighted by Crippen LogP contribution is 2.37. The van der Waals surface area contributed by atoms with Crippen LogP contribution >= 0.6 is 0 Å². The minimum atomic E-state index is -0.455. The molecule has 0 saturated carbocycles. The van der Waals surface area contributed by atoms with Crippen LogP contribution in [0.25, 0.3) is 0 Å². The maximum absolute atomic E-state index is 12.7. The topological polar surface area (TPSA) is 86.9 Å². The minimum absolute atomic E-state index is 0.304. The van der Waals surface area contributed by atoms with Crippen LogP contribution in [0.3, 0.4) is 0 Å². The van der Waals surface area contributed by atoms with E-state index in [0.717, 1.165) is 37.3 Å². The number of nitrogens with zero attached hydrogens (tertiary/aromatic N) is 3. The molecule has 0 unspecified atom stereocenters. The molecule has 1 aromatic carbocycles. The lowest BCUT2D eigenvalue weighted by molar-refractivity contribution is -0.138. The normalized spacial score (nSPS) is 16.6. The zero-order chi connectivity index (χ0) is 22.3. The summed E-state index contributed by atoms with van der Waals surface area (Å²) in [5.41, 5.74) is 2.82. The number of piperidine rings is 1. The number of hydrogen-bond acceptors (Lipinski definition) is 7. The van der Waals surface area contributed by atoms with Crippen molar-refractivity contribution >= 4 is 18.0 Å². The van der Waals surface area contributed by atoms with Crippen LogP contribution in [0.5, 0.6) is 5.75 Å². The molecule has 0 atom stereocenters. The number of hydrogen-bond donors (Lipinski definition) is 1. The third-order valence-electron chi connectivity index (χ3n) is 5.33. The Bertz CT molecular complexity index is 932. The van der Waals surface area contributed by atoms with E-state index in [9.17, 15) is 10.1 Å². The van der Waals surface area contributed by atoms with Crippen molar-refractivity contribution in [1.29, 1.82) is 5.26 Å². The molecule has 31 heavy (non-hydrogen) atoms. The van der Waals surface area contributed by atoms with Crippen molar-refractivity contribution in [1.82, 2.24) is 5.32 Å². The molecule has 0 spiro atoms. The van der Waals surface area contributed by atoms with E-state index in [1.54, 1.807) is 19.5 Å². The number of rotatable bonds is 7. The van der Waals surface area contributed by atoms with Crippen molar-refractivity contribution in [3.8, 4) is 11.8 Å². The van der Waals surface area contributed by atoms with Crippen LogP contribution in [-0.4, -0.2) is 38.6 Å². The molecule has 0 amide bonds. The van der Waals surface area contributed by atoms with Crippen LogP contribution in [0, 0.1) is 16.7 Å². The van der Waals surface area contributed by atoms with Crippen molar-refractivity contribution in [3.63, 3.8) is 0 Å². The zero-order valence-electron chi connectivity index (χ0n) is 18.5. The number of para-hydroxylation sites is 2. The maximum atomic E-state index is 12.7. The molecule has 3 rings (SSSR count). The van der Waals surface area contributed by atoms with Gasteiger partial charge in [-0.15, -0.1) is 0 Å². The van der Waals surface area contributed by atoms with Gasteiger partial charge in [-0.25, -0.2) is 9.79 Å². The summed E-state index contributed by atoms with van der Waals surface area (Å²) in [4.78, 5) is 19.0. The predicted molar refractivity (Wildman–Crippen MR) is 121 cm³/mol. The van der Waals surface area contributed by atoms with Gasteiger partial charge < -0.3 is 14.8 Å². The van der Waals surface area contributed by atoms with Crippen LogP contribution in [0.1, 0.15) is 40.0 Å². The van der Waals surface area contributed by atoms with E-state index in [1.807, 2.05) is 43.0 Å². The second kappa shape index (κ2) is 10.3. The summed E-state index contributed by atoms with van der Waals surface area (Å²) in [5, 5.41) is 12.6. The smallest absolute Gasteiger partial charge is 0.341 e. The van der Waals surface area contributed by atoms with Crippen molar-refractivity contribution in [2.75, 3.05) is 31.2 Å². The van der Waals surface area contributed by atoms with Gasteiger partial charge in [-0.3, -0.25) is 4.90 Å². The van der Waals surface area contributed by atoms with Gasteiger partial charge in [0, 0.05) is 6.20 Å². The number of ether oxygens (including phenoxy) is 2. The van der Waals surface area contributed by atoms with Crippen LogP contribution in [0.15, 0.2) is 52.3 Å². The largest absolute Gasteiger partial charge is 0.491 e. The summed E-state index contributed by atoms with van der Waals surface area (Å²) in [6.07, 6.45) is 5.59. The number of benzene rings is 1. The Labute approximate surface area is 184 Å². The van der Waals surface area contributed by atoms with Gasteiger partial charge in [0.15, 0.2) is 0 Å². The number of nitrogens with one attached hydrogen (secondary N) is 1. The van der Waals surface area contributed by atoms with Gasteiger partial charge in [0.1, 0.15) is 11.3 Å². The SMILES string of the molecule is CCOC(=O)C1=CN=CN(c2ccccc2OCCC(C)(C)C#N)C1=C1CCNCC1. The number of carbonyl (C=O) groups excluding carboxylic acids is 1. The Morgan fingerprint density at radius 1 is 1.29 bits per heavy atom. The summed E-state index contributed by atoms with van der Waals surface area (Å²) in [5.74, 6) is 0.305. The van der Waals surface area contributed by atoms with E-state index in [1.165, 1.54) is 5.57 Å². The predicted octanol–water partition coefficient (Wildman–Crippen LogP) is 3.94. The first kappa shape index (κ1) is 22.6. The number of nitriles is 1. The van der Waals surface area contributed by atoms with Gasteiger partial charge in [-0.2, -0.15) is 5.26 Å². The number of carbonyl (C=O) groups is 1. The van der Waals surface area contributed by atoms with Gasteiger partial charge in [-0.05, 0) is 70.8 Å². The average Bonchev–Trinajstić information content (AvgIpc) is 2.79. The fourth-order valence-corrected chi connectivity index (χ4v) is 3.54. The first-order valence-corrected chi connectivity index (χ1v) is 10.7. The Morgan fingerprint density at radius 3 is 2.74 bits per heavy atom. The van der Waals surface area contributed by atoms with E-state index < -0.39 is 5.41 Å². The molecule has 1 aromatic rings. The fourth-order valence-electron chi connectivity index (χ4n) is 3.54. The van der Waals surface area contributed by atoms with Crippen LogP contribution in [0.2, 0.25) is 0 Å². The lowest BCUT2D eigenvalue weighted by atomic mass is 9.92. The summed E-state index contributed by atoms with van der Waals surface area (Å²) in [6.45, 7) is 8.04. The molecule has 7 heteroatoms. The van der Waals surface area contributed by atoms with Crippen LogP contribution in [0.4, 0.5) is 5.69 Å². The zero-order valence-corrected chi connectivity index (χ0v) is 18.5. The number of anilines is 1. The number of aliphatic imine (C=N–C) groups is 1. The Hall–Kier alpha value is -3.11. The highest BCUT2D eigenvalue weighted by Gasteiger charge is 2.29. The highest BCUT2D eigenvalue weighted by molar-refractivity contribution is 6.01. The summed E-state index contributed by atoms with van der Waals surface area (Å²) in [7, 11) is 0. The van der Waals surface area contributed by atoms with Gasteiger partial charge in [0.25, 0.3) is 0 Å². The molecule has 0 aromatic heterocycles. The molecule has 0 aliphatic carbocycles. The molecule has 2 aliphatic rings. The van der Waals surface area contributed by atoms with E-state index >= 15 is 0 Å². The van der Waals surface area contributed by atoms with Gasteiger partial charge in [0.2, 0.25) is 0 Å². The highest BCUT2D eigenvalue weighted by atomic mass is 16.5. The van der Waals surface area contributed by atoms with Gasteiger partial charge >= 0.3 is 5.97 Å². The Kier molecular flexibility index (Phi) is 7.48. The molecular formula is C24H30N4O3. The second-order valence-corrected chi connectivity index (χ2v) is 8.16. The summed E-state index contributed by atoms with van der Waals surface area (Å²) < 4.78 is 11.4. The third-order valence-corrected chi connectivity index (χ3v) is 5.33.